The first-order chi connectivity index (χ1) is 14.7. The Balaban J connectivity index is 1.47. The number of nitrogens with one attached hydrogen (secondary N) is 2. The molecule has 30 heavy (non-hydrogen) atoms. The molecule has 3 aromatic rings. The van der Waals surface area contributed by atoms with Crippen molar-refractivity contribution in [3.8, 4) is 0 Å². The number of fused-ring (bicyclic) bond motifs is 1. The Kier molecular flexibility index (Phi) is 4.81. The van der Waals surface area contributed by atoms with Gasteiger partial charge in [-0.3, -0.25) is 9.59 Å². The van der Waals surface area contributed by atoms with Crippen molar-refractivity contribution in [3.63, 3.8) is 0 Å². The van der Waals surface area contributed by atoms with Crippen molar-refractivity contribution >= 4 is 11.6 Å². The quantitative estimate of drug-likeness (QED) is 0.643. The second kappa shape index (κ2) is 7.63. The van der Waals surface area contributed by atoms with Crippen LogP contribution in [0, 0.1) is 0 Å². The lowest BCUT2D eigenvalue weighted by molar-refractivity contribution is -1.04. The molecule has 0 radical (unpaired) electrons. The van der Waals surface area contributed by atoms with Gasteiger partial charge in [0, 0.05) is 22.3 Å². The molecule has 1 aliphatic carbocycles. The summed E-state index contributed by atoms with van der Waals surface area (Å²) in [5.74, 6) is -0.0911. The number of rotatable bonds is 4. The molecule has 0 atom stereocenters. The molecule has 1 heterocycles. The lowest BCUT2D eigenvalue weighted by Gasteiger charge is -2.39. The molecule has 1 aliphatic heterocycles. The highest BCUT2D eigenvalue weighted by Crippen LogP contribution is 2.35. The molecule has 4 nitrogen and oxygen atoms in total. The van der Waals surface area contributed by atoms with Gasteiger partial charge in [0.25, 0.3) is 5.54 Å². The minimum atomic E-state index is -1.15. The Morgan fingerprint density at radius 2 is 1.13 bits per heavy atom. The number of Topliss-reactive ketones (excluding diaryl/α,β-unsaturated/α-hetero) is 2. The highest BCUT2D eigenvalue weighted by Gasteiger charge is 2.62. The van der Waals surface area contributed by atoms with Gasteiger partial charge < -0.3 is 9.80 Å². The van der Waals surface area contributed by atoms with E-state index >= 15 is 0 Å². The number of carbonyl (C=O) groups excluding carboxylic acids is 2. The van der Waals surface area contributed by atoms with Gasteiger partial charge in [0.2, 0.25) is 11.6 Å². The minimum Gasteiger partial charge on any atom is -0.322 e. The average Bonchev–Trinajstić information content (AvgIpc) is 3.04. The van der Waals surface area contributed by atoms with Crippen molar-refractivity contribution in [3.05, 3.63) is 107 Å². The van der Waals surface area contributed by atoms with E-state index in [0.29, 0.717) is 11.1 Å². The number of piperazine rings is 1. The highest BCUT2D eigenvalue weighted by molar-refractivity contribution is 6.31. The van der Waals surface area contributed by atoms with Gasteiger partial charge in [-0.05, 0) is 0 Å². The summed E-state index contributed by atoms with van der Waals surface area (Å²) in [5.41, 5.74) is 2.13. The first-order valence-corrected chi connectivity index (χ1v) is 10.7. The summed E-state index contributed by atoms with van der Waals surface area (Å²) in [5, 5.41) is 0. The minimum absolute atomic E-state index is 0.0455. The molecule has 3 aromatic carbocycles. The van der Waals surface area contributed by atoms with E-state index in [4.69, 9.17) is 0 Å². The van der Waals surface area contributed by atoms with Crippen molar-refractivity contribution in [1.29, 1.82) is 0 Å². The highest BCUT2D eigenvalue weighted by atomic mass is 16.2. The maximum absolute atomic E-state index is 13.8. The summed E-state index contributed by atoms with van der Waals surface area (Å²) in [6.45, 7) is 4.45. The van der Waals surface area contributed by atoms with Crippen LogP contribution < -0.4 is 9.80 Å². The van der Waals surface area contributed by atoms with E-state index in [1.54, 1.807) is 12.1 Å². The van der Waals surface area contributed by atoms with Crippen molar-refractivity contribution in [2.75, 3.05) is 26.2 Å². The summed E-state index contributed by atoms with van der Waals surface area (Å²) in [4.78, 5) is 30.1. The molecule has 0 unspecified atom stereocenters. The van der Waals surface area contributed by atoms with Crippen molar-refractivity contribution in [1.82, 2.24) is 0 Å². The number of ketones is 2. The molecule has 1 saturated heterocycles. The van der Waals surface area contributed by atoms with Gasteiger partial charge in [-0.2, -0.15) is 0 Å². The second-order valence-electron chi connectivity index (χ2n) is 8.34. The predicted molar refractivity (Wildman–Crippen MR) is 115 cm³/mol. The van der Waals surface area contributed by atoms with E-state index in [0.717, 1.165) is 43.2 Å². The molecule has 150 valence electrons. The van der Waals surface area contributed by atoms with Gasteiger partial charge in [0.15, 0.2) is 0 Å². The molecule has 0 aromatic heterocycles. The molecule has 2 N–H and O–H groups in total. The summed E-state index contributed by atoms with van der Waals surface area (Å²) < 4.78 is 0. The lowest BCUT2D eigenvalue weighted by Crippen LogP contribution is -3.31. The van der Waals surface area contributed by atoms with Crippen molar-refractivity contribution in [2.24, 2.45) is 0 Å². The van der Waals surface area contributed by atoms with Crippen molar-refractivity contribution < 1.29 is 19.4 Å². The number of carbonyl (C=O) groups is 2. The molecule has 0 spiro atoms. The normalized spacial score (nSPS) is 22.7. The third-order valence-corrected chi connectivity index (χ3v) is 6.69. The number of hydrogen-bond acceptors (Lipinski definition) is 2. The number of benzene rings is 3. The topological polar surface area (TPSA) is 43.0 Å². The average molecular weight is 399 g/mol. The van der Waals surface area contributed by atoms with Crippen LogP contribution in [0.25, 0.3) is 0 Å². The standard InChI is InChI=1S/C26H24N2O2/c29-24-22-13-7-8-14-23(22)25(30)26(24,21-11-5-2-6-12-21)28-17-15-27(16-18-28)19-20-9-3-1-4-10-20/h1-14H,15-19H2/p+2. The largest absolute Gasteiger partial charge is 0.322 e. The first-order valence-electron chi connectivity index (χ1n) is 10.7. The maximum Gasteiger partial charge on any atom is 0.250 e. The zero-order valence-corrected chi connectivity index (χ0v) is 16.9. The van der Waals surface area contributed by atoms with E-state index in [-0.39, 0.29) is 11.6 Å². The van der Waals surface area contributed by atoms with Gasteiger partial charge in [0.05, 0.1) is 0 Å². The molecular formula is C26H26N2O2+2. The third kappa shape index (κ3) is 2.92. The van der Waals surface area contributed by atoms with Gasteiger partial charge in [-0.25, -0.2) is 0 Å². The Bertz CT molecular complexity index is 1040. The zero-order valence-electron chi connectivity index (χ0n) is 16.9. The van der Waals surface area contributed by atoms with Crippen LogP contribution in [0.15, 0.2) is 84.9 Å². The second-order valence-corrected chi connectivity index (χ2v) is 8.34. The van der Waals surface area contributed by atoms with E-state index in [9.17, 15) is 9.59 Å². The Morgan fingerprint density at radius 3 is 1.70 bits per heavy atom. The SMILES string of the molecule is O=C1c2ccccc2C(=O)C1(c1ccccc1)[NH+]1CC[NH+](Cc2ccccc2)CC1. The van der Waals surface area contributed by atoms with Crippen LogP contribution >= 0.6 is 0 Å². The number of hydrogen-bond donors (Lipinski definition) is 2. The monoisotopic (exact) mass is 398 g/mol. The van der Waals surface area contributed by atoms with Crippen LogP contribution in [0.3, 0.4) is 0 Å². The van der Waals surface area contributed by atoms with E-state index in [1.165, 1.54) is 10.5 Å². The molecule has 0 amide bonds. The smallest absolute Gasteiger partial charge is 0.250 e. The van der Waals surface area contributed by atoms with Crippen LogP contribution in [0.2, 0.25) is 0 Å². The summed E-state index contributed by atoms with van der Waals surface area (Å²) in [6, 6.07) is 27.5. The van der Waals surface area contributed by atoms with Crippen LogP contribution in [0.5, 0.6) is 0 Å². The van der Waals surface area contributed by atoms with Crippen LogP contribution in [-0.2, 0) is 12.1 Å². The fourth-order valence-electron chi connectivity index (χ4n) is 5.20. The summed E-state index contributed by atoms with van der Waals surface area (Å²) >= 11 is 0. The predicted octanol–water partition coefficient (Wildman–Crippen LogP) is 0.945. The molecule has 1 fully saturated rings. The Hall–Kier alpha value is -3.08. The Labute approximate surface area is 176 Å². The van der Waals surface area contributed by atoms with Crippen LogP contribution in [0.4, 0.5) is 0 Å². The van der Waals surface area contributed by atoms with Crippen molar-refractivity contribution in [2.45, 2.75) is 12.1 Å². The Morgan fingerprint density at radius 1 is 0.633 bits per heavy atom. The lowest BCUT2D eigenvalue weighted by atomic mass is 9.82. The third-order valence-electron chi connectivity index (χ3n) is 6.69. The first kappa shape index (κ1) is 18.9. The fraction of sp³-hybridized carbons (Fsp3) is 0.231. The molecule has 2 aliphatic rings. The van der Waals surface area contributed by atoms with Gasteiger partial charge in [-0.15, -0.1) is 0 Å². The molecule has 0 saturated carbocycles. The fourth-order valence-corrected chi connectivity index (χ4v) is 5.20. The maximum atomic E-state index is 13.8. The van der Waals surface area contributed by atoms with Gasteiger partial charge in [0.1, 0.15) is 32.7 Å². The van der Waals surface area contributed by atoms with E-state index in [1.807, 2.05) is 48.5 Å². The molecular weight excluding hydrogens is 372 g/mol. The molecule has 4 heteroatoms. The van der Waals surface area contributed by atoms with Gasteiger partial charge in [-0.1, -0.05) is 84.9 Å². The molecule has 0 bridgehead atoms. The van der Waals surface area contributed by atoms with E-state index in [2.05, 4.69) is 24.3 Å². The summed E-state index contributed by atoms with van der Waals surface area (Å²) in [6.07, 6.45) is 0. The van der Waals surface area contributed by atoms with E-state index < -0.39 is 5.54 Å². The molecule has 5 rings (SSSR count). The zero-order chi connectivity index (χ0) is 20.6. The number of quaternary nitrogens is 2. The summed E-state index contributed by atoms with van der Waals surface area (Å²) in [7, 11) is 0. The van der Waals surface area contributed by atoms with Gasteiger partial charge >= 0.3 is 0 Å². The van der Waals surface area contributed by atoms with Crippen LogP contribution in [-0.4, -0.2) is 37.7 Å². The van der Waals surface area contributed by atoms with Crippen LogP contribution in [0.1, 0.15) is 31.8 Å².